The molecular formula is C32H41N3O3S. The molecule has 1 N–H and O–H groups in total. The smallest absolute Gasteiger partial charge is 0.258 e. The molecule has 5 rings (SSSR count). The lowest BCUT2D eigenvalue weighted by Crippen LogP contribution is -2.47. The average Bonchev–Trinajstić information content (AvgIpc) is 3.45. The van der Waals surface area contributed by atoms with Gasteiger partial charge in [0.25, 0.3) is 5.91 Å². The number of amides is 1. The standard InChI is InChI=1S/C32H41N3O3S/c1-23-7-5-8-28(24(23)2)35-15-13-34(14-16-35)21-26-19-25(30-9-6-18-39-30)10-11-29(26)37-22-31(36)33-27-12-17-38-32(3,4)20-27/h5-11,18-19,27H,12-17,20-22H2,1-4H3,(H,33,36). The third kappa shape index (κ3) is 7.02. The van der Waals surface area contributed by atoms with E-state index < -0.39 is 0 Å². The molecule has 6 nitrogen and oxygen atoms in total. The number of anilines is 1. The molecule has 0 radical (unpaired) electrons. The van der Waals surface area contributed by atoms with Crippen molar-refractivity contribution in [3.8, 4) is 16.2 Å². The molecule has 208 valence electrons. The van der Waals surface area contributed by atoms with Gasteiger partial charge in [-0.2, -0.15) is 0 Å². The third-order valence-electron chi connectivity index (χ3n) is 7.97. The van der Waals surface area contributed by atoms with Crippen LogP contribution in [0.1, 0.15) is 43.4 Å². The van der Waals surface area contributed by atoms with Crippen molar-refractivity contribution in [1.82, 2.24) is 10.2 Å². The van der Waals surface area contributed by atoms with Gasteiger partial charge in [0, 0.05) is 61.5 Å². The number of thiophene rings is 1. The van der Waals surface area contributed by atoms with Crippen LogP contribution in [0.25, 0.3) is 10.4 Å². The van der Waals surface area contributed by atoms with Crippen LogP contribution in [0.3, 0.4) is 0 Å². The summed E-state index contributed by atoms with van der Waals surface area (Å²) >= 11 is 1.74. The monoisotopic (exact) mass is 547 g/mol. The van der Waals surface area contributed by atoms with Crippen LogP contribution in [0, 0.1) is 13.8 Å². The van der Waals surface area contributed by atoms with E-state index in [1.54, 1.807) is 11.3 Å². The quantitative estimate of drug-likeness (QED) is 0.386. The Bertz CT molecular complexity index is 1270. The van der Waals surface area contributed by atoms with E-state index in [2.05, 4.69) is 90.7 Å². The van der Waals surface area contributed by atoms with Gasteiger partial charge in [-0.25, -0.2) is 0 Å². The molecule has 1 amide bonds. The van der Waals surface area contributed by atoms with Gasteiger partial charge in [0.05, 0.1) is 5.60 Å². The highest BCUT2D eigenvalue weighted by molar-refractivity contribution is 7.13. The second-order valence-electron chi connectivity index (χ2n) is 11.4. The van der Waals surface area contributed by atoms with Crippen LogP contribution in [0.2, 0.25) is 0 Å². The molecule has 3 heterocycles. The van der Waals surface area contributed by atoms with Gasteiger partial charge in [-0.15, -0.1) is 11.3 Å². The maximum absolute atomic E-state index is 12.8. The number of hydrogen-bond donors (Lipinski definition) is 1. The lowest BCUT2D eigenvalue weighted by Gasteiger charge is -2.37. The van der Waals surface area contributed by atoms with Crippen LogP contribution in [0.5, 0.6) is 5.75 Å². The van der Waals surface area contributed by atoms with E-state index in [0.717, 1.165) is 56.9 Å². The van der Waals surface area contributed by atoms with Gasteiger partial charge in [0.2, 0.25) is 0 Å². The lowest BCUT2D eigenvalue weighted by molar-refractivity contribution is -0.126. The normalized spacial score (nSPS) is 19.6. The van der Waals surface area contributed by atoms with Crippen molar-refractivity contribution in [1.29, 1.82) is 0 Å². The number of nitrogens with zero attached hydrogens (tertiary/aromatic N) is 2. The molecule has 1 aromatic heterocycles. The van der Waals surface area contributed by atoms with Crippen molar-refractivity contribution in [2.24, 2.45) is 0 Å². The van der Waals surface area contributed by atoms with Gasteiger partial charge in [-0.05, 0) is 92.9 Å². The van der Waals surface area contributed by atoms with E-state index in [0.29, 0.717) is 6.61 Å². The summed E-state index contributed by atoms with van der Waals surface area (Å²) in [4.78, 5) is 19.0. The summed E-state index contributed by atoms with van der Waals surface area (Å²) in [5.41, 5.74) is 6.16. The molecule has 0 bridgehead atoms. The zero-order valence-corrected chi connectivity index (χ0v) is 24.5. The molecule has 1 unspecified atom stereocenters. The molecule has 0 saturated carbocycles. The molecule has 1 atom stereocenters. The Balaban J connectivity index is 1.24. The van der Waals surface area contributed by atoms with Crippen LogP contribution >= 0.6 is 11.3 Å². The Hall–Kier alpha value is -2.87. The SMILES string of the molecule is Cc1cccc(N2CCN(Cc3cc(-c4cccs4)ccc3OCC(=O)NC3CCOC(C)(C)C3)CC2)c1C. The first-order valence-electron chi connectivity index (χ1n) is 14.0. The first-order chi connectivity index (χ1) is 18.8. The molecule has 2 fully saturated rings. The molecule has 2 saturated heterocycles. The van der Waals surface area contributed by atoms with E-state index in [9.17, 15) is 4.79 Å². The summed E-state index contributed by atoms with van der Waals surface area (Å²) in [5, 5.41) is 5.26. The molecule has 0 aliphatic carbocycles. The van der Waals surface area contributed by atoms with Crippen molar-refractivity contribution in [2.45, 2.75) is 58.7 Å². The molecule has 2 aliphatic heterocycles. The Labute approximate surface area is 236 Å². The minimum atomic E-state index is -0.204. The van der Waals surface area contributed by atoms with Gasteiger partial charge in [0.15, 0.2) is 6.61 Å². The summed E-state index contributed by atoms with van der Waals surface area (Å²) in [6.07, 6.45) is 1.65. The maximum atomic E-state index is 12.8. The van der Waals surface area contributed by atoms with Crippen molar-refractivity contribution in [3.05, 3.63) is 70.6 Å². The topological polar surface area (TPSA) is 54.0 Å². The second kappa shape index (κ2) is 12.1. The summed E-state index contributed by atoms with van der Waals surface area (Å²) in [6.45, 7) is 14.0. The van der Waals surface area contributed by atoms with Gasteiger partial charge in [-0.3, -0.25) is 9.69 Å². The highest BCUT2D eigenvalue weighted by Gasteiger charge is 2.29. The van der Waals surface area contributed by atoms with Gasteiger partial charge < -0.3 is 19.7 Å². The number of carbonyl (C=O) groups is 1. The lowest BCUT2D eigenvalue weighted by atomic mass is 9.94. The minimum Gasteiger partial charge on any atom is -0.483 e. The summed E-state index contributed by atoms with van der Waals surface area (Å²) in [7, 11) is 0. The number of piperazine rings is 1. The van der Waals surface area contributed by atoms with E-state index in [4.69, 9.17) is 9.47 Å². The van der Waals surface area contributed by atoms with Gasteiger partial charge in [-0.1, -0.05) is 18.2 Å². The summed E-state index contributed by atoms with van der Waals surface area (Å²) < 4.78 is 11.9. The van der Waals surface area contributed by atoms with E-state index in [-0.39, 0.29) is 24.2 Å². The fourth-order valence-corrected chi connectivity index (χ4v) is 6.40. The Morgan fingerprint density at radius 2 is 1.92 bits per heavy atom. The largest absolute Gasteiger partial charge is 0.483 e. The number of carbonyl (C=O) groups excluding carboxylic acids is 1. The molecule has 2 aromatic carbocycles. The Morgan fingerprint density at radius 1 is 1.10 bits per heavy atom. The minimum absolute atomic E-state index is 0.0174. The third-order valence-corrected chi connectivity index (χ3v) is 8.89. The van der Waals surface area contributed by atoms with Crippen LogP contribution in [-0.4, -0.2) is 61.8 Å². The van der Waals surface area contributed by atoms with Crippen molar-refractivity contribution < 1.29 is 14.3 Å². The van der Waals surface area contributed by atoms with Crippen molar-refractivity contribution in [2.75, 3.05) is 44.3 Å². The van der Waals surface area contributed by atoms with Crippen LogP contribution in [-0.2, 0) is 16.1 Å². The van der Waals surface area contributed by atoms with Crippen LogP contribution < -0.4 is 15.0 Å². The fraction of sp³-hybridized carbons (Fsp3) is 0.469. The highest BCUT2D eigenvalue weighted by Crippen LogP contribution is 2.31. The predicted octanol–water partition coefficient (Wildman–Crippen LogP) is 5.81. The molecule has 7 heteroatoms. The maximum Gasteiger partial charge on any atom is 0.258 e. The van der Waals surface area contributed by atoms with Crippen LogP contribution in [0.15, 0.2) is 53.9 Å². The second-order valence-corrected chi connectivity index (χ2v) is 12.4. The summed E-state index contributed by atoms with van der Waals surface area (Å²) in [6, 6.07) is 17.3. The Morgan fingerprint density at radius 3 is 2.67 bits per heavy atom. The first kappa shape index (κ1) is 27.7. The summed E-state index contributed by atoms with van der Waals surface area (Å²) in [5.74, 6) is 0.711. The molecule has 2 aliphatic rings. The molecule has 3 aromatic rings. The van der Waals surface area contributed by atoms with E-state index in [1.165, 1.54) is 27.3 Å². The number of benzene rings is 2. The zero-order valence-electron chi connectivity index (χ0n) is 23.7. The zero-order chi connectivity index (χ0) is 27.4. The van der Waals surface area contributed by atoms with E-state index >= 15 is 0 Å². The van der Waals surface area contributed by atoms with Crippen LogP contribution in [0.4, 0.5) is 5.69 Å². The fourth-order valence-electron chi connectivity index (χ4n) is 5.67. The molecular weight excluding hydrogens is 506 g/mol. The van der Waals surface area contributed by atoms with E-state index in [1.807, 2.05) is 6.07 Å². The Kier molecular flexibility index (Phi) is 8.60. The molecule has 39 heavy (non-hydrogen) atoms. The molecule has 0 spiro atoms. The highest BCUT2D eigenvalue weighted by atomic mass is 32.1. The predicted molar refractivity (Wildman–Crippen MR) is 160 cm³/mol. The number of ether oxygens (including phenoxy) is 2. The van der Waals surface area contributed by atoms with Crippen molar-refractivity contribution in [3.63, 3.8) is 0 Å². The number of hydrogen-bond acceptors (Lipinski definition) is 6. The van der Waals surface area contributed by atoms with Crippen molar-refractivity contribution >= 4 is 22.9 Å². The first-order valence-corrected chi connectivity index (χ1v) is 14.9. The number of nitrogens with one attached hydrogen (secondary N) is 1. The van der Waals surface area contributed by atoms with Gasteiger partial charge >= 0.3 is 0 Å². The average molecular weight is 548 g/mol. The number of aryl methyl sites for hydroxylation is 1. The number of rotatable bonds is 8. The van der Waals surface area contributed by atoms with Gasteiger partial charge in [0.1, 0.15) is 5.75 Å².